The molecule has 3 heterocycles. The zero-order valence-corrected chi connectivity index (χ0v) is 23.7. The van der Waals surface area contributed by atoms with Gasteiger partial charge < -0.3 is 9.31 Å². The number of thiophene rings is 1. The Hall–Kier alpha value is -3.91. The second-order valence-electron chi connectivity index (χ2n) is 11.1. The molecule has 0 amide bonds. The van der Waals surface area contributed by atoms with E-state index in [1.807, 2.05) is 54.6 Å². The minimum atomic E-state index is -0.535. The van der Waals surface area contributed by atoms with E-state index in [2.05, 4.69) is 70.2 Å². The fraction of sp³-hybridized carbons (Fsp3) is 0.182. The van der Waals surface area contributed by atoms with E-state index in [1.54, 1.807) is 11.3 Å². The van der Waals surface area contributed by atoms with Crippen LogP contribution in [0.3, 0.4) is 0 Å². The highest BCUT2D eigenvalue weighted by Crippen LogP contribution is 2.40. The summed E-state index contributed by atoms with van der Waals surface area (Å²) < 4.78 is 15.3. The van der Waals surface area contributed by atoms with Crippen LogP contribution in [0, 0.1) is 0 Å². The summed E-state index contributed by atoms with van der Waals surface area (Å²) in [5.41, 5.74) is 2.78. The number of hydrogen-bond acceptors (Lipinski definition) is 6. The molecule has 1 aliphatic heterocycles. The van der Waals surface area contributed by atoms with E-state index in [4.69, 9.17) is 24.3 Å². The number of hydrogen-bond donors (Lipinski definition) is 0. The van der Waals surface area contributed by atoms with E-state index in [9.17, 15) is 0 Å². The second-order valence-corrected chi connectivity index (χ2v) is 12.2. The third-order valence-electron chi connectivity index (χ3n) is 8.02. The molecular weight excluding hydrogens is 513 g/mol. The predicted octanol–water partition coefficient (Wildman–Crippen LogP) is 7.54. The van der Waals surface area contributed by atoms with Crippen LogP contribution in [0.25, 0.3) is 54.3 Å². The van der Waals surface area contributed by atoms with E-state index in [-0.39, 0.29) is 0 Å². The Balaban J connectivity index is 1.44. The highest BCUT2D eigenvalue weighted by Gasteiger charge is 2.52. The molecule has 7 heteroatoms. The second kappa shape index (κ2) is 9.34. The van der Waals surface area contributed by atoms with Gasteiger partial charge in [-0.05, 0) is 45.3 Å². The Morgan fingerprint density at radius 3 is 1.93 bits per heavy atom. The molecular formula is C33H28BN3O2S. The molecule has 7 rings (SSSR count). The van der Waals surface area contributed by atoms with Gasteiger partial charge in [0.2, 0.25) is 0 Å². The Kier molecular flexibility index (Phi) is 5.86. The van der Waals surface area contributed by atoms with Crippen molar-refractivity contribution in [3.05, 3.63) is 97.1 Å². The summed E-state index contributed by atoms with van der Waals surface area (Å²) in [5.74, 6) is 1.86. The zero-order chi connectivity index (χ0) is 27.5. The largest absolute Gasteiger partial charge is 0.495 e. The van der Waals surface area contributed by atoms with Crippen LogP contribution >= 0.6 is 11.3 Å². The van der Waals surface area contributed by atoms with E-state index in [0.717, 1.165) is 22.2 Å². The molecule has 4 aromatic carbocycles. The summed E-state index contributed by atoms with van der Waals surface area (Å²) in [4.78, 5) is 15.1. The smallest absolute Gasteiger partial charge is 0.399 e. The molecule has 0 spiro atoms. The molecule has 0 N–H and O–H groups in total. The number of rotatable bonds is 4. The molecule has 0 unspecified atom stereocenters. The summed E-state index contributed by atoms with van der Waals surface area (Å²) in [7, 11) is -0.535. The first-order valence-corrected chi connectivity index (χ1v) is 14.3. The van der Waals surface area contributed by atoms with E-state index >= 15 is 0 Å². The molecule has 5 nitrogen and oxygen atoms in total. The van der Waals surface area contributed by atoms with Crippen LogP contribution in [0.15, 0.2) is 97.1 Å². The third kappa shape index (κ3) is 4.13. The fourth-order valence-corrected chi connectivity index (χ4v) is 6.34. The lowest BCUT2D eigenvalue weighted by Gasteiger charge is -2.32. The molecule has 0 aliphatic carbocycles. The van der Waals surface area contributed by atoms with E-state index in [1.165, 1.54) is 20.2 Å². The van der Waals surface area contributed by atoms with Gasteiger partial charge in [0.15, 0.2) is 17.5 Å². The first-order chi connectivity index (χ1) is 19.3. The lowest BCUT2D eigenvalue weighted by atomic mass is 9.75. The monoisotopic (exact) mass is 541 g/mol. The molecule has 0 atom stereocenters. The van der Waals surface area contributed by atoms with Gasteiger partial charge in [0.1, 0.15) is 0 Å². The molecule has 0 bridgehead atoms. The number of fused-ring (bicyclic) bond motifs is 3. The average molecular weight is 541 g/mol. The van der Waals surface area contributed by atoms with Crippen LogP contribution in [0.5, 0.6) is 0 Å². The number of benzene rings is 4. The third-order valence-corrected chi connectivity index (χ3v) is 9.24. The van der Waals surface area contributed by atoms with Crippen molar-refractivity contribution in [2.45, 2.75) is 38.9 Å². The highest BCUT2D eigenvalue weighted by atomic mass is 32.1. The summed E-state index contributed by atoms with van der Waals surface area (Å²) in [6.07, 6.45) is 0. The molecule has 1 saturated heterocycles. The summed E-state index contributed by atoms with van der Waals surface area (Å²) in [5, 5.41) is 2.45. The average Bonchev–Trinajstić information content (AvgIpc) is 3.46. The van der Waals surface area contributed by atoms with Crippen molar-refractivity contribution in [2.75, 3.05) is 0 Å². The molecule has 40 heavy (non-hydrogen) atoms. The molecule has 1 aliphatic rings. The quantitative estimate of drug-likeness (QED) is 0.216. The van der Waals surface area contributed by atoms with Crippen molar-refractivity contribution in [3.8, 4) is 34.2 Å². The van der Waals surface area contributed by atoms with Crippen molar-refractivity contribution in [1.29, 1.82) is 0 Å². The van der Waals surface area contributed by atoms with E-state index in [0.29, 0.717) is 17.5 Å². The maximum Gasteiger partial charge on any atom is 0.495 e. The van der Waals surface area contributed by atoms with Crippen LogP contribution in [-0.4, -0.2) is 33.3 Å². The minimum absolute atomic E-state index is 0.457. The molecule has 2 aromatic heterocycles. The van der Waals surface area contributed by atoms with Crippen LogP contribution in [-0.2, 0) is 9.31 Å². The summed E-state index contributed by atoms with van der Waals surface area (Å²) >= 11 is 1.77. The number of aromatic nitrogens is 3. The van der Waals surface area contributed by atoms with E-state index < -0.39 is 18.3 Å². The lowest BCUT2D eigenvalue weighted by Crippen LogP contribution is -2.41. The molecule has 6 aromatic rings. The molecule has 196 valence electrons. The predicted molar refractivity (Wildman–Crippen MR) is 165 cm³/mol. The first kappa shape index (κ1) is 25.1. The summed E-state index contributed by atoms with van der Waals surface area (Å²) in [6, 6.07) is 33.0. The maximum atomic E-state index is 6.44. The molecule has 1 fully saturated rings. The lowest BCUT2D eigenvalue weighted by molar-refractivity contribution is 0.00578. The Bertz CT molecular complexity index is 1870. The van der Waals surface area contributed by atoms with Crippen LogP contribution in [0.2, 0.25) is 0 Å². The molecule has 0 saturated carbocycles. The summed E-state index contributed by atoms with van der Waals surface area (Å²) in [6.45, 7) is 8.26. The van der Waals surface area contributed by atoms with Gasteiger partial charge in [-0.2, -0.15) is 0 Å². The van der Waals surface area contributed by atoms with Crippen LogP contribution in [0.4, 0.5) is 0 Å². The Morgan fingerprint density at radius 2 is 1.15 bits per heavy atom. The first-order valence-electron chi connectivity index (χ1n) is 13.5. The van der Waals surface area contributed by atoms with Crippen molar-refractivity contribution in [1.82, 2.24) is 15.0 Å². The van der Waals surface area contributed by atoms with Crippen LogP contribution < -0.4 is 5.46 Å². The standard InChI is InChI=1S/C33H28BN3O2S/c1-32(2)33(3,4)39-34(38-32)26-19-10-8-16-24(26)30-35-29(21-13-6-5-7-14-21)36-31(37-30)25-18-12-17-23-22-15-9-11-20-27(22)40-28(23)25/h5-20H,1-4H3. The van der Waals surface area contributed by atoms with Gasteiger partial charge in [0.25, 0.3) is 0 Å². The SMILES string of the molecule is CC1(C)OB(c2ccccc2-c2nc(-c3ccccc3)nc(-c3cccc4c3sc3ccccc34)n2)OC1(C)C. The van der Waals surface area contributed by atoms with Crippen molar-refractivity contribution >= 4 is 44.1 Å². The van der Waals surface area contributed by atoms with Gasteiger partial charge in [0.05, 0.1) is 11.2 Å². The minimum Gasteiger partial charge on any atom is -0.399 e. The highest BCUT2D eigenvalue weighted by molar-refractivity contribution is 7.26. The van der Waals surface area contributed by atoms with Gasteiger partial charge in [-0.15, -0.1) is 11.3 Å². The van der Waals surface area contributed by atoms with Crippen molar-refractivity contribution < 1.29 is 9.31 Å². The Morgan fingerprint density at radius 1 is 0.575 bits per heavy atom. The normalized spacial score (nSPS) is 16.1. The zero-order valence-electron chi connectivity index (χ0n) is 22.9. The molecule has 0 radical (unpaired) electrons. The van der Waals surface area contributed by atoms with Crippen LogP contribution in [0.1, 0.15) is 27.7 Å². The van der Waals surface area contributed by atoms with Gasteiger partial charge in [-0.1, -0.05) is 84.9 Å². The van der Waals surface area contributed by atoms with Crippen molar-refractivity contribution in [3.63, 3.8) is 0 Å². The van der Waals surface area contributed by atoms with Gasteiger partial charge in [0, 0.05) is 36.9 Å². The van der Waals surface area contributed by atoms with Gasteiger partial charge in [-0.3, -0.25) is 0 Å². The van der Waals surface area contributed by atoms with Crippen molar-refractivity contribution in [2.24, 2.45) is 0 Å². The fourth-order valence-electron chi connectivity index (χ4n) is 5.13. The number of nitrogens with zero attached hydrogens (tertiary/aromatic N) is 3. The van der Waals surface area contributed by atoms with Gasteiger partial charge in [-0.25, -0.2) is 15.0 Å². The topological polar surface area (TPSA) is 57.1 Å². The Labute approximate surface area is 238 Å². The maximum absolute atomic E-state index is 6.44. The van der Waals surface area contributed by atoms with Gasteiger partial charge >= 0.3 is 7.12 Å².